The molecule has 0 aliphatic heterocycles. The first-order chi connectivity index (χ1) is 10.3. The molecule has 2 aromatic rings. The summed E-state index contributed by atoms with van der Waals surface area (Å²) < 4.78 is 46.2. The number of aliphatic carboxylic acids is 1. The Morgan fingerprint density at radius 2 is 2.18 bits per heavy atom. The third-order valence-corrected chi connectivity index (χ3v) is 3.87. The standard InChI is InChI=1S/C12H12FN3O5S/c1-16-5-4-11(14-16)15-22(19,20)8-2-3-10(9(13)6-8)21-7-12(17)18/h2-6H,7H2,1H3,(H,14,15)(H,17,18). The van der Waals surface area contributed by atoms with Gasteiger partial charge in [-0.1, -0.05) is 0 Å². The van der Waals surface area contributed by atoms with Gasteiger partial charge in [-0.2, -0.15) is 5.10 Å². The third-order valence-electron chi connectivity index (χ3n) is 2.52. The molecule has 1 aromatic carbocycles. The normalized spacial score (nSPS) is 11.2. The Labute approximate surface area is 125 Å². The van der Waals surface area contributed by atoms with Crippen LogP contribution in [0.3, 0.4) is 0 Å². The highest BCUT2D eigenvalue weighted by atomic mass is 32.2. The van der Waals surface area contributed by atoms with E-state index < -0.39 is 28.4 Å². The van der Waals surface area contributed by atoms with Crippen molar-refractivity contribution < 1.29 is 27.4 Å². The van der Waals surface area contributed by atoms with Crippen LogP contribution in [0.15, 0.2) is 35.4 Å². The van der Waals surface area contributed by atoms with Crippen LogP contribution in [0.25, 0.3) is 0 Å². The molecule has 10 heteroatoms. The minimum atomic E-state index is -4.01. The number of carboxylic acid groups (broad SMARTS) is 1. The van der Waals surface area contributed by atoms with Crippen molar-refractivity contribution in [3.63, 3.8) is 0 Å². The van der Waals surface area contributed by atoms with Crippen molar-refractivity contribution in [1.29, 1.82) is 0 Å². The van der Waals surface area contributed by atoms with Crippen molar-refractivity contribution in [3.8, 4) is 5.75 Å². The molecule has 1 heterocycles. The maximum Gasteiger partial charge on any atom is 0.341 e. The van der Waals surface area contributed by atoms with Crippen LogP contribution in [0.4, 0.5) is 10.2 Å². The number of halogens is 1. The summed E-state index contributed by atoms with van der Waals surface area (Å²) in [5.41, 5.74) is 0. The molecule has 0 radical (unpaired) electrons. The first-order valence-corrected chi connectivity index (χ1v) is 7.43. The number of aryl methyl sites for hydroxylation is 1. The number of nitrogens with zero attached hydrogens (tertiary/aromatic N) is 2. The maximum absolute atomic E-state index is 13.7. The van der Waals surface area contributed by atoms with Crippen molar-refractivity contribution in [2.75, 3.05) is 11.3 Å². The van der Waals surface area contributed by atoms with Gasteiger partial charge in [0.25, 0.3) is 10.0 Å². The Bertz CT molecular complexity index is 803. The van der Waals surface area contributed by atoms with Crippen molar-refractivity contribution in [1.82, 2.24) is 9.78 Å². The zero-order chi connectivity index (χ0) is 16.3. The van der Waals surface area contributed by atoms with Crippen LogP contribution < -0.4 is 9.46 Å². The summed E-state index contributed by atoms with van der Waals surface area (Å²) in [6.07, 6.45) is 1.54. The topological polar surface area (TPSA) is 111 Å². The van der Waals surface area contributed by atoms with Gasteiger partial charge >= 0.3 is 5.97 Å². The summed E-state index contributed by atoms with van der Waals surface area (Å²) in [5.74, 6) is -2.51. The van der Waals surface area contributed by atoms with E-state index in [9.17, 15) is 17.6 Å². The SMILES string of the molecule is Cn1ccc(NS(=O)(=O)c2ccc(OCC(=O)O)c(F)c2)n1. The largest absolute Gasteiger partial charge is 0.479 e. The molecule has 1 aromatic heterocycles. The number of benzene rings is 1. The summed E-state index contributed by atoms with van der Waals surface area (Å²) >= 11 is 0. The summed E-state index contributed by atoms with van der Waals surface area (Å²) in [6, 6.07) is 4.33. The van der Waals surface area contributed by atoms with Crippen molar-refractivity contribution >= 4 is 21.8 Å². The van der Waals surface area contributed by atoms with E-state index in [1.165, 1.54) is 10.7 Å². The van der Waals surface area contributed by atoms with E-state index in [2.05, 4.69) is 14.6 Å². The summed E-state index contributed by atoms with van der Waals surface area (Å²) in [6.45, 7) is -0.727. The molecule has 0 unspecified atom stereocenters. The molecule has 0 bridgehead atoms. The predicted molar refractivity (Wildman–Crippen MR) is 73.5 cm³/mol. The van der Waals surface area contributed by atoms with E-state index in [0.717, 1.165) is 18.2 Å². The Morgan fingerprint density at radius 3 is 2.73 bits per heavy atom. The molecule has 118 valence electrons. The second-order valence-electron chi connectivity index (χ2n) is 4.25. The van der Waals surface area contributed by atoms with E-state index in [1.54, 1.807) is 13.2 Å². The molecule has 0 spiro atoms. The van der Waals surface area contributed by atoms with Crippen LogP contribution in [0, 0.1) is 5.82 Å². The number of ether oxygens (including phenoxy) is 1. The minimum absolute atomic E-state index is 0.0918. The lowest BCUT2D eigenvalue weighted by molar-refractivity contribution is -0.139. The minimum Gasteiger partial charge on any atom is -0.479 e. The number of aromatic nitrogens is 2. The number of hydrogen-bond donors (Lipinski definition) is 2. The van der Waals surface area contributed by atoms with Gasteiger partial charge in [0.05, 0.1) is 4.90 Å². The van der Waals surface area contributed by atoms with Crippen LogP contribution in [0.1, 0.15) is 0 Å². The van der Waals surface area contributed by atoms with Gasteiger partial charge in [-0.15, -0.1) is 0 Å². The zero-order valence-corrected chi connectivity index (χ0v) is 12.2. The number of anilines is 1. The van der Waals surface area contributed by atoms with E-state index >= 15 is 0 Å². The Morgan fingerprint density at radius 1 is 1.45 bits per heavy atom. The quantitative estimate of drug-likeness (QED) is 0.812. The number of hydrogen-bond acceptors (Lipinski definition) is 5. The summed E-state index contributed by atoms with van der Waals surface area (Å²) in [4.78, 5) is 10.0. The lowest BCUT2D eigenvalue weighted by atomic mass is 10.3. The fourth-order valence-electron chi connectivity index (χ4n) is 1.57. The van der Waals surface area contributed by atoms with E-state index in [4.69, 9.17) is 5.11 Å². The van der Waals surface area contributed by atoms with Crippen molar-refractivity contribution in [2.24, 2.45) is 7.05 Å². The average molecular weight is 329 g/mol. The number of rotatable bonds is 6. The molecule has 0 amide bonds. The molecule has 2 rings (SSSR count). The molecule has 8 nitrogen and oxygen atoms in total. The van der Waals surface area contributed by atoms with Gasteiger partial charge in [-0.3, -0.25) is 9.40 Å². The van der Waals surface area contributed by atoms with Crippen molar-refractivity contribution in [2.45, 2.75) is 4.90 Å². The van der Waals surface area contributed by atoms with Crippen LogP contribution in [-0.4, -0.2) is 35.9 Å². The van der Waals surface area contributed by atoms with E-state index in [-0.39, 0.29) is 16.5 Å². The molecule has 0 saturated heterocycles. The lowest BCUT2D eigenvalue weighted by Crippen LogP contribution is -2.14. The van der Waals surface area contributed by atoms with Crippen molar-refractivity contribution in [3.05, 3.63) is 36.3 Å². The monoisotopic (exact) mass is 329 g/mol. The molecule has 0 fully saturated rings. The maximum atomic E-state index is 13.7. The van der Waals surface area contributed by atoms with Gasteiger partial charge in [0.15, 0.2) is 24.0 Å². The number of carboxylic acids is 1. The Kier molecular flexibility index (Phi) is 4.31. The predicted octanol–water partition coefficient (Wildman–Crippen LogP) is 0.823. The van der Waals surface area contributed by atoms with E-state index in [0.29, 0.717) is 0 Å². The highest BCUT2D eigenvalue weighted by molar-refractivity contribution is 7.92. The lowest BCUT2D eigenvalue weighted by Gasteiger charge is -2.08. The fourth-order valence-corrected chi connectivity index (χ4v) is 2.58. The smallest absolute Gasteiger partial charge is 0.341 e. The van der Waals surface area contributed by atoms with Crippen LogP contribution >= 0.6 is 0 Å². The van der Waals surface area contributed by atoms with Crippen LogP contribution in [0.2, 0.25) is 0 Å². The van der Waals surface area contributed by atoms with Gasteiger partial charge in [-0.05, 0) is 18.2 Å². The molecule has 0 aliphatic rings. The molecule has 2 N–H and O–H groups in total. The molecular weight excluding hydrogens is 317 g/mol. The fraction of sp³-hybridized carbons (Fsp3) is 0.167. The van der Waals surface area contributed by atoms with Crippen LogP contribution in [-0.2, 0) is 21.9 Å². The highest BCUT2D eigenvalue weighted by Gasteiger charge is 2.18. The zero-order valence-electron chi connectivity index (χ0n) is 11.4. The molecular formula is C12H12FN3O5S. The number of nitrogens with one attached hydrogen (secondary N) is 1. The molecule has 0 atom stereocenters. The van der Waals surface area contributed by atoms with Gasteiger partial charge in [0.2, 0.25) is 0 Å². The van der Waals surface area contributed by atoms with Gasteiger partial charge in [0, 0.05) is 19.3 Å². The van der Waals surface area contributed by atoms with Gasteiger partial charge in [-0.25, -0.2) is 17.6 Å². The van der Waals surface area contributed by atoms with Gasteiger partial charge in [0.1, 0.15) is 0 Å². The Hall–Kier alpha value is -2.62. The average Bonchev–Trinajstić information content (AvgIpc) is 2.81. The summed E-state index contributed by atoms with van der Waals surface area (Å²) in [7, 11) is -2.39. The molecule has 0 saturated carbocycles. The number of sulfonamides is 1. The van der Waals surface area contributed by atoms with E-state index in [1.807, 2.05) is 0 Å². The van der Waals surface area contributed by atoms with Gasteiger partial charge < -0.3 is 9.84 Å². The molecule has 22 heavy (non-hydrogen) atoms. The van der Waals surface area contributed by atoms with Crippen LogP contribution in [0.5, 0.6) is 5.75 Å². The second-order valence-corrected chi connectivity index (χ2v) is 5.94. The Balaban J connectivity index is 2.21. The first kappa shape index (κ1) is 15.8. The second kappa shape index (κ2) is 6.02. The highest BCUT2D eigenvalue weighted by Crippen LogP contribution is 2.22. The third kappa shape index (κ3) is 3.73. The first-order valence-electron chi connectivity index (χ1n) is 5.94. The number of carbonyl (C=O) groups is 1. The molecule has 0 aliphatic carbocycles. The summed E-state index contributed by atoms with van der Waals surface area (Å²) in [5, 5.41) is 12.3.